The van der Waals surface area contributed by atoms with Crippen molar-refractivity contribution in [2.45, 2.75) is 79.1 Å². The van der Waals surface area contributed by atoms with Gasteiger partial charge in [-0.25, -0.2) is 4.79 Å². The van der Waals surface area contributed by atoms with E-state index in [0.717, 1.165) is 26.0 Å². The van der Waals surface area contributed by atoms with E-state index in [1.165, 1.54) is 0 Å². The van der Waals surface area contributed by atoms with Crippen LogP contribution in [-0.2, 0) is 9.47 Å². The third kappa shape index (κ3) is 7.08. The maximum Gasteiger partial charge on any atom is 0.407 e. The first-order chi connectivity index (χ1) is 10.5. The zero-order valence-corrected chi connectivity index (χ0v) is 16.0. The van der Waals surface area contributed by atoms with Crippen molar-refractivity contribution in [1.29, 1.82) is 0 Å². The molecule has 0 bridgehead atoms. The predicted octanol–water partition coefficient (Wildman–Crippen LogP) is 3.33. The molecule has 136 valence electrons. The average molecular weight is 328 g/mol. The van der Waals surface area contributed by atoms with Crippen molar-refractivity contribution in [3.05, 3.63) is 0 Å². The second kappa shape index (κ2) is 8.34. The zero-order chi connectivity index (χ0) is 17.7. The van der Waals surface area contributed by atoms with Gasteiger partial charge in [-0.1, -0.05) is 27.7 Å². The fourth-order valence-electron chi connectivity index (χ4n) is 2.69. The van der Waals surface area contributed by atoms with Crippen LogP contribution in [0.3, 0.4) is 0 Å². The largest absolute Gasteiger partial charge is 0.444 e. The van der Waals surface area contributed by atoms with Crippen molar-refractivity contribution in [2.75, 3.05) is 19.7 Å². The highest BCUT2D eigenvalue weighted by Crippen LogP contribution is 2.42. The lowest BCUT2D eigenvalue weighted by atomic mass is 9.64. The minimum atomic E-state index is -0.441. The van der Waals surface area contributed by atoms with Crippen LogP contribution in [0.5, 0.6) is 0 Å². The minimum Gasteiger partial charge on any atom is -0.444 e. The fourth-order valence-corrected chi connectivity index (χ4v) is 2.69. The van der Waals surface area contributed by atoms with Crippen LogP contribution in [0.15, 0.2) is 0 Å². The van der Waals surface area contributed by atoms with E-state index in [-0.39, 0.29) is 11.5 Å². The maximum absolute atomic E-state index is 11.5. The summed E-state index contributed by atoms with van der Waals surface area (Å²) in [5, 5.41) is 6.36. The van der Waals surface area contributed by atoms with Crippen LogP contribution in [0.1, 0.15) is 61.3 Å². The van der Waals surface area contributed by atoms with Gasteiger partial charge in [-0.2, -0.15) is 0 Å². The molecule has 0 aromatic carbocycles. The molecular weight excluding hydrogens is 292 g/mol. The van der Waals surface area contributed by atoms with Gasteiger partial charge in [-0.05, 0) is 46.1 Å². The average Bonchev–Trinajstić information content (AvgIpc) is 2.37. The Kier molecular flexibility index (Phi) is 7.33. The predicted molar refractivity (Wildman–Crippen MR) is 93.6 cm³/mol. The first kappa shape index (κ1) is 20.2. The second-order valence-electron chi connectivity index (χ2n) is 8.56. The Balaban J connectivity index is 2.12. The first-order valence-electron chi connectivity index (χ1n) is 8.84. The molecular formula is C18H36N2O3. The highest BCUT2D eigenvalue weighted by molar-refractivity contribution is 5.67. The van der Waals surface area contributed by atoms with E-state index in [2.05, 4.69) is 38.3 Å². The van der Waals surface area contributed by atoms with Gasteiger partial charge in [0.15, 0.2) is 0 Å². The molecule has 0 spiro atoms. The molecule has 1 amide bonds. The van der Waals surface area contributed by atoms with Crippen LogP contribution in [0.4, 0.5) is 4.79 Å². The smallest absolute Gasteiger partial charge is 0.407 e. The molecule has 23 heavy (non-hydrogen) atoms. The number of rotatable bonds is 8. The van der Waals surface area contributed by atoms with Gasteiger partial charge in [-0.3, -0.25) is 0 Å². The summed E-state index contributed by atoms with van der Waals surface area (Å²) in [5.74, 6) is 0.580. The molecule has 1 saturated carbocycles. The second-order valence-corrected chi connectivity index (χ2v) is 8.56. The normalized spacial score (nSPS) is 23.5. The van der Waals surface area contributed by atoms with E-state index in [1.807, 2.05) is 20.8 Å². The number of hydrogen-bond acceptors (Lipinski definition) is 4. The van der Waals surface area contributed by atoms with Gasteiger partial charge in [0.05, 0.1) is 6.10 Å². The van der Waals surface area contributed by atoms with Crippen molar-refractivity contribution in [2.24, 2.45) is 11.3 Å². The SMILES string of the molecule is CC(C)COC1CC(NCCCNC(=O)OC(C)(C)C)C1(C)C. The molecule has 1 fully saturated rings. The van der Waals surface area contributed by atoms with Gasteiger partial charge in [0, 0.05) is 24.6 Å². The quantitative estimate of drug-likeness (QED) is 0.671. The molecule has 5 nitrogen and oxygen atoms in total. The van der Waals surface area contributed by atoms with Crippen LogP contribution in [0.25, 0.3) is 0 Å². The van der Waals surface area contributed by atoms with Crippen LogP contribution in [-0.4, -0.2) is 43.5 Å². The molecule has 0 aromatic heterocycles. The molecule has 5 heteroatoms. The summed E-state index contributed by atoms with van der Waals surface area (Å²) in [7, 11) is 0. The van der Waals surface area contributed by atoms with Crippen molar-refractivity contribution in [3.63, 3.8) is 0 Å². The lowest BCUT2D eigenvalue weighted by Gasteiger charge is -2.52. The topological polar surface area (TPSA) is 59.6 Å². The lowest BCUT2D eigenvalue weighted by molar-refractivity contribution is -0.123. The molecule has 0 heterocycles. The van der Waals surface area contributed by atoms with Gasteiger partial charge in [0.2, 0.25) is 0 Å². The molecule has 2 atom stereocenters. The lowest BCUT2D eigenvalue weighted by Crippen LogP contribution is -2.61. The molecule has 0 aliphatic heterocycles. The van der Waals surface area contributed by atoms with Crippen molar-refractivity contribution in [3.8, 4) is 0 Å². The van der Waals surface area contributed by atoms with Crippen molar-refractivity contribution in [1.82, 2.24) is 10.6 Å². The van der Waals surface area contributed by atoms with Gasteiger partial charge < -0.3 is 20.1 Å². The highest BCUT2D eigenvalue weighted by Gasteiger charge is 2.48. The minimum absolute atomic E-state index is 0.174. The van der Waals surface area contributed by atoms with Crippen LogP contribution < -0.4 is 10.6 Å². The Morgan fingerprint density at radius 3 is 2.43 bits per heavy atom. The molecule has 0 saturated heterocycles. The summed E-state index contributed by atoms with van der Waals surface area (Å²) >= 11 is 0. The standard InChI is InChI=1S/C18H36N2O3/c1-13(2)12-22-15-11-14(18(15,6)7)19-9-8-10-20-16(21)23-17(3,4)5/h13-15,19H,8-12H2,1-7H3,(H,20,21). The summed E-state index contributed by atoms with van der Waals surface area (Å²) in [6.07, 6.45) is 1.97. The zero-order valence-electron chi connectivity index (χ0n) is 16.0. The first-order valence-corrected chi connectivity index (χ1v) is 8.84. The summed E-state index contributed by atoms with van der Waals surface area (Å²) in [5.41, 5.74) is -0.267. The number of carbonyl (C=O) groups is 1. The van der Waals surface area contributed by atoms with Crippen LogP contribution >= 0.6 is 0 Å². The van der Waals surface area contributed by atoms with Gasteiger partial charge in [-0.15, -0.1) is 0 Å². The third-order valence-electron chi connectivity index (χ3n) is 4.22. The molecule has 1 aliphatic rings. The van der Waals surface area contributed by atoms with E-state index < -0.39 is 5.60 Å². The molecule has 2 unspecified atom stereocenters. The number of nitrogens with one attached hydrogen (secondary N) is 2. The summed E-state index contributed by atoms with van der Waals surface area (Å²) in [6, 6.07) is 0.487. The van der Waals surface area contributed by atoms with E-state index in [4.69, 9.17) is 9.47 Å². The number of hydrogen-bond donors (Lipinski definition) is 2. The maximum atomic E-state index is 11.5. The Bertz CT molecular complexity index is 375. The monoisotopic (exact) mass is 328 g/mol. The number of alkyl carbamates (subject to hydrolysis) is 1. The number of ether oxygens (including phenoxy) is 2. The Hall–Kier alpha value is -0.810. The van der Waals surface area contributed by atoms with E-state index in [9.17, 15) is 4.79 Å². The van der Waals surface area contributed by atoms with Gasteiger partial charge in [0.1, 0.15) is 5.60 Å². The Morgan fingerprint density at radius 1 is 1.26 bits per heavy atom. The summed E-state index contributed by atoms with van der Waals surface area (Å²) in [4.78, 5) is 11.5. The number of carbonyl (C=O) groups excluding carboxylic acids is 1. The van der Waals surface area contributed by atoms with E-state index in [0.29, 0.717) is 24.6 Å². The van der Waals surface area contributed by atoms with E-state index >= 15 is 0 Å². The summed E-state index contributed by atoms with van der Waals surface area (Å²) < 4.78 is 11.2. The molecule has 0 aromatic rings. The fraction of sp³-hybridized carbons (Fsp3) is 0.944. The number of amides is 1. The molecule has 0 radical (unpaired) electrons. The van der Waals surface area contributed by atoms with E-state index in [1.54, 1.807) is 0 Å². The highest BCUT2D eigenvalue weighted by atomic mass is 16.6. The summed E-state index contributed by atoms with van der Waals surface area (Å²) in [6.45, 7) is 16.8. The molecule has 1 aliphatic carbocycles. The van der Waals surface area contributed by atoms with Gasteiger partial charge in [0.25, 0.3) is 0 Å². The van der Waals surface area contributed by atoms with Gasteiger partial charge >= 0.3 is 6.09 Å². The van der Waals surface area contributed by atoms with Crippen molar-refractivity contribution < 1.29 is 14.3 Å². The Labute approximate surface area is 141 Å². The van der Waals surface area contributed by atoms with Crippen LogP contribution in [0, 0.1) is 11.3 Å². The van der Waals surface area contributed by atoms with Crippen LogP contribution in [0.2, 0.25) is 0 Å². The molecule has 2 N–H and O–H groups in total. The third-order valence-corrected chi connectivity index (χ3v) is 4.22. The Morgan fingerprint density at radius 2 is 1.91 bits per heavy atom. The van der Waals surface area contributed by atoms with Crippen molar-refractivity contribution >= 4 is 6.09 Å². The molecule has 1 rings (SSSR count).